The van der Waals surface area contributed by atoms with Gasteiger partial charge in [0.25, 0.3) is 5.91 Å². The quantitative estimate of drug-likeness (QED) is 0.383. The summed E-state index contributed by atoms with van der Waals surface area (Å²) in [6.07, 6.45) is -0.167. The molecular formula is C24H24N2O6. The molecule has 3 rings (SSSR count). The van der Waals surface area contributed by atoms with Crippen LogP contribution in [0.15, 0.2) is 66.7 Å². The van der Waals surface area contributed by atoms with E-state index in [2.05, 4.69) is 5.32 Å². The number of nitrogens with one attached hydrogen (secondary N) is 1. The maximum atomic E-state index is 13.0. The second-order valence-electron chi connectivity index (χ2n) is 7.38. The number of benzene rings is 3. The maximum Gasteiger partial charge on any atom is 0.326 e. The Kier molecular flexibility index (Phi) is 7.41. The van der Waals surface area contributed by atoms with E-state index in [1.54, 1.807) is 24.3 Å². The van der Waals surface area contributed by atoms with Gasteiger partial charge in [-0.25, -0.2) is 4.79 Å². The van der Waals surface area contributed by atoms with E-state index in [-0.39, 0.29) is 24.0 Å². The number of carboxylic acid groups (broad SMARTS) is 2. The van der Waals surface area contributed by atoms with Crippen LogP contribution in [0.3, 0.4) is 0 Å². The predicted molar refractivity (Wildman–Crippen MR) is 119 cm³/mol. The molecule has 0 saturated heterocycles. The fraction of sp³-hybridized carbons (Fsp3) is 0.208. The van der Waals surface area contributed by atoms with Crippen molar-refractivity contribution in [1.29, 1.82) is 0 Å². The zero-order chi connectivity index (χ0) is 23.1. The van der Waals surface area contributed by atoms with Gasteiger partial charge in [-0.05, 0) is 28.8 Å². The van der Waals surface area contributed by atoms with Gasteiger partial charge in [0.15, 0.2) is 0 Å². The van der Waals surface area contributed by atoms with Crippen molar-refractivity contribution >= 4 is 28.6 Å². The maximum absolute atomic E-state index is 13.0. The first-order valence-corrected chi connectivity index (χ1v) is 10.0. The van der Waals surface area contributed by atoms with Crippen LogP contribution < -0.4 is 15.8 Å². The topological polar surface area (TPSA) is 139 Å². The van der Waals surface area contributed by atoms with Crippen LogP contribution in [0.4, 0.5) is 0 Å². The lowest BCUT2D eigenvalue weighted by Crippen LogP contribution is -2.42. The van der Waals surface area contributed by atoms with Crippen LogP contribution in [-0.4, -0.2) is 46.7 Å². The molecule has 1 amide bonds. The first-order valence-electron chi connectivity index (χ1n) is 10.0. The molecule has 32 heavy (non-hydrogen) atoms. The molecule has 0 aliphatic carbocycles. The molecule has 0 aromatic heterocycles. The molecule has 3 aromatic carbocycles. The first-order chi connectivity index (χ1) is 15.3. The van der Waals surface area contributed by atoms with E-state index >= 15 is 0 Å². The summed E-state index contributed by atoms with van der Waals surface area (Å²) < 4.78 is 5.87. The molecule has 8 nitrogen and oxygen atoms in total. The van der Waals surface area contributed by atoms with Crippen LogP contribution in [-0.2, 0) is 16.0 Å². The highest BCUT2D eigenvalue weighted by atomic mass is 16.5. The Morgan fingerprint density at radius 2 is 1.62 bits per heavy atom. The number of carbonyl (C=O) groups excluding carboxylic acids is 1. The van der Waals surface area contributed by atoms with Crippen LogP contribution in [0, 0.1) is 0 Å². The summed E-state index contributed by atoms with van der Waals surface area (Å²) in [5, 5.41) is 21.8. The standard InChI is InChI=1S/C24H24N2O6/c25-17(12-15-6-2-1-3-7-15)14-32-20-11-10-16-8-4-5-9-18(16)22(20)23(29)26-19(24(30)31)13-21(27)28/h1-11,17,19H,12-14,25H2,(H,26,29)(H,27,28)(H,30,31). The van der Waals surface area contributed by atoms with Crippen molar-refractivity contribution in [3.05, 3.63) is 77.9 Å². The Balaban J connectivity index is 1.85. The minimum atomic E-state index is -1.58. The highest BCUT2D eigenvalue weighted by molar-refractivity contribution is 6.10. The van der Waals surface area contributed by atoms with Crippen molar-refractivity contribution in [2.45, 2.75) is 24.9 Å². The van der Waals surface area contributed by atoms with Gasteiger partial charge < -0.3 is 26.0 Å². The van der Waals surface area contributed by atoms with E-state index in [1.165, 1.54) is 0 Å². The number of rotatable bonds is 10. The minimum absolute atomic E-state index is 0.130. The lowest BCUT2D eigenvalue weighted by molar-refractivity contribution is -0.145. The number of fused-ring (bicyclic) bond motifs is 1. The van der Waals surface area contributed by atoms with E-state index in [4.69, 9.17) is 15.6 Å². The number of ether oxygens (including phenoxy) is 1. The predicted octanol–water partition coefficient (Wildman–Crippen LogP) is 2.45. The molecule has 0 saturated carbocycles. The van der Waals surface area contributed by atoms with Crippen LogP contribution in [0.1, 0.15) is 22.3 Å². The molecule has 0 fully saturated rings. The Labute approximate surface area is 184 Å². The normalized spacial score (nSPS) is 12.7. The van der Waals surface area contributed by atoms with E-state index < -0.39 is 30.3 Å². The summed E-state index contributed by atoms with van der Waals surface area (Å²) in [6.45, 7) is 0.130. The lowest BCUT2D eigenvalue weighted by atomic mass is 10.0. The molecule has 0 aliphatic rings. The van der Waals surface area contributed by atoms with Gasteiger partial charge in [-0.1, -0.05) is 60.7 Å². The number of carboxylic acids is 2. The fourth-order valence-corrected chi connectivity index (χ4v) is 3.38. The zero-order valence-corrected chi connectivity index (χ0v) is 17.2. The number of aliphatic carboxylic acids is 2. The van der Waals surface area contributed by atoms with Gasteiger partial charge in [0, 0.05) is 6.04 Å². The number of hydrogen-bond donors (Lipinski definition) is 4. The summed E-state index contributed by atoms with van der Waals surface area (Å²) in [5.74, 6) is -3.27. The van der Waals surface area contributed by atoms with E-state index in [1.807, 2.05) is 42.5 Å². The Morgan fingerprint density at radius 1 is 0.938 bits per heavy atom. The van der Waals surface area contributed by atoms with Gasteiger partial charge in [-0.3, -0.25) is 9.59 Å². The van der Waals surface area contributed by atoms with Gasteiger partial charge in [0.2, 0.25) is 0 Å². The molecule has 8 heteroatoms. The smallest absolute Gasteiger partial charge is 0.326 e. The number of nitrogens with two attached hydrogens (primary N) is 1. The second kappa shape index (κ2) is 10.4. The van der Waals surface area contributed by atoms with Gasteiger partial charge in [0.05, 0.1) is 12.0 Å². The molecular weight excluding hydrogens is 412 g/mol. The summed E-state index contributed by atoms with van der Waals surface area (Å²) in [7, 11) is 0. The summed E-state index contributed by atoms with van der Waals surface area (Å²) in [6, 6.07) is 18.3. The Morgan fingerprint density at radius 3 is 2.31 bits per heavy atom. The molecule has 3 aromatic rings. The third kappa shape index (κ3) is 5.83. The Bertz CT molecular complexity index is 1120. The SMILES string of the molecule is NC(COc1ccc2ccccc2c1C(=O)NC(CC(=O)O)C(=O)O)Cc1ccccc1. The van der Waals surface area contributed by atoms with Gasteiger partial charge in [0.1, 0.15) is 18.4 Å². The molecule has 2 atom stereocenters. The largest absolute Gasteiger partial charge is 0.491 e. The van der Waals surface area contributed by atoms with E-state index in [0.717, 1.165) is 10.9 Å². The van der Waals surface area contributed by atoms with Crippen LogP contribution >= 0.6 is 0 Å². The van der Waals surface area contributed by atoms with Crippen LogP contribution in [0.5, 0.6) is 5.75 Å². The van der Waals surface area contributed by atoms with Crippen molar-refractivity contribution < 1.29 is 29.3 Å². The third-order valence-electron chi connectivity index (χ3n) is 4.89. The average Bonchev–Trinajstić information content (AvgIpc) is 2.77. The number of amides is 1. The highest BCUT2D eigenvalue weighted by Crippen LogP contribution is 2.28. The average molecular weight is 436 g/mol. The zero-order valence-electron chi connectivity index (χ0n) is 17.2. The monoisotopic (exact) mass is 436 g/mol. The van der Waals surface area contributed by atoms with Gasteiger partial charge in [-0.15, -0.1) is 0 Å². The number of carbonyl (C=O) groups is 3. The van der Waals surface area contributed by atoms with Crippen molar-refractivity contribution in [3.63, 3.8) is 0 Å². The lowest BCUT2D eigenvalue weighted by Gasteiger charge is -2.19. The number of hydrogen-bond acceptors (Lipinski definition) is 5. The molecule has 0 radical (unpaired) electrons. The Hall–Kier alpha value is -3.91. The molecule has 0 aliphatic heterocycles. The van der Waals surface area contributed by atoms with Gasteiger partial charge in [-0.2, -0.15) is 0 Å². The molecule has 0 bridgehead atoms. The van der Waals surface area contributed by atoms with Crippen LogP contribution in [0.25, 0.3) is 10.8 Å². The van der Waals surface area contributed by atoms with E-state index in [9.17, 15) is 19.5 Å². The van der Waals surface area contributed by atoms with Crippen LogP contribution in [0.2, 0.25) is 0 Å². The van der Waals surface area contributed by atoms with Crippen molar-refractivity contribution in [2.24, 2.45) is 5.73 Å². The van der Waals surface area contributed by atoms with Crippen molar-refractivity contribution in [3.8, 4) is 5.75 Å². The summed E-state index contributed by atoms with van der Waals surface area (Å²) in [4.78, 5) is 35.4. The third-order valence-corrected chi connectivity index (χ3v) is 4.89. The molecule has 0 spiro atoms. The summed E-state index contributed by atoms with van der Waals surface area (Å²) in [5.41, 5.74) is 7.38. The fourth-order valence-electron chi connectivity index (χ4n) is 3.38. The minimum Gasteiger partial charge on any atom is -0.491 e. The molecule has 2 unspecified atom stereocenters. The molecule has 5 N–H and O–H groups in total. The second-order valence-corrected chi connectivity index (χ2v) is 7.38. The highest BCUT2D eigenvalue weighted by Gasteiger charge is 2.26. The first kappa shape index (κ1) is 22.8. The molecule has 166 valence electrons. The van der Waals surface area contributed by atoms with Gasteiger partial charge >= 0.3 is 11.9 Å². The van der Waals surface area contributed by atoms with Crippen molar-refractivity contribution in [1.82, 2.24) is 5.32 Å². The summed E-state index contributed by atoms with van der Waals surface area (Å²) >= 11 is 0. The van der Waals surface area contributed by atoms with E-state index in [0.29, 0.717) is 11.8 Å². The van der Waals surface area contributed by atoms with Crippen molar-refractivity contribution in [2.75, 3.05) is 6.61 Å². The molecule has 0 heterocycles.